The molecule has 1 unspecified atom stereocenters. The summed E-state index contributed by atoms with van der Waals surface area (Å²) in [5, 5.41) is 8.70. The minimum atomic E-state index is -0.978. The van der Waals surface area contributed by atoms with E-state index < -0.39 is 6.29 Å². The first kappa shape index (κ1) is 9.48. The number of aliphatic hydroxyl groups is 1. The van der Waals surface area contributed by atoms with E-state index >= 15 is 0 Å². The van der Waals surface area contributed by atoms with Crippen LogP contribution in [0.1, 0.15) is 19.8 Å². The van der Waals surface area contributed by atoms with Crippen molar-refractivity contribution in [2.75, 3.05) is 19.6 Å². The second-order valence-corrected chi connectivity index (χ2v) is 3.03. The summed E-state index contributed by atoms with van der Waals surface area (Å²) in [5.74, 6) is -0.322. The van der Waals surface area contributed by atoms with Crippen LogP contribution < -0.4 is 0 Å². The molecule has 0 amide bonds. The number of likely N-dealkylation sites (tertiary alicyclic amines) is 1. The molecule has 0 radical (unpaired) electrons. The van der Waals surface area contributed by atoms with Crippen LogP contribution in [0, 0.1) is 0 Å². The molecule has 0 spiro atoms. The molecule has 0 aliphatic carbocycles. The van der Waals surface area contributed by atoms with Crippen LogP contribution in [0.15, 0.2) is 0 Å². The SMILES string of the molecule is CC(O)OC(=O)CCN1CCC1. The lowest BCUT2D eigenvalue weighted by Gasteiger charge is -2.30. The Labute approximate surface area is 72.1 Å². The van der Waals surface area contributed by atoms with Gasteiger partial charge in [-0.15, -0.1) is 0 Å². The average Bonchev–Trinajstić information content (AvgIpc) is 1.81. The molecule has 1 aliphatic heterocycles. The number of carbonyl (C=O) groups is 1. The fourth-order valence-corrected chi connectivity index (χ4v) is 1.10. The monoisotopic (exact) mass is 173 g/mol. The predicted molar refractivity (Wildman–Crippen MR) is 43.4 cm³/mol. The summed E-state index contributed by atoms with van der Waals surface area (Å²) >= 11 is 0. The fraction of sp³-hybridized carbons (Fsp3) is 0.875. The van der Waals surface area contributed by atoms with Gasteiger partial charge in [0.25, 0.3) is 0 Å². The highest BCUT2D eigenvalue weighted by atomic mass is 16.6. The van der Waals surface area contributed by atoms with Crippen molar-refractivity contribution < 1.29 is 14.6 Å². The summed E-state index contributed by atoms with van der Waals surface area (Å²) in [5.41, 5.74) is 0. The number of hydrogen-bond donors (Lipinski definition) is 1. The molecule has 1 atom stereocenters. The molecule has 1 N–H and O–H groups in total. The van der Waals surface area contributed by atoms with Crippen LogP contribution in [0.5, 0.6) is 0 Å². The Morgan fingerprint density at radius 3 is 2.75 bits per heavy atom. The molecule has 0 aromatic carbocycles. The Hall–Kier alpha value is -0.610. The van der Waals surface area contributed by atoms with Gasteiger partial charge in [0.2, 0.25) is 0 Å². The van der Waals surface area contributed by atoms with Crippen molar-refractivity contribution in [2.45, 2.75) is 26.1 Å². The normalized spacial score (nSPS) is 19.8. The second-order valence-electron chi connectivity index (χ2n) is 3.03. The van der Waals surface area contributed by atoms with E-state index in [-0.39, 0.29) is 5.97 Å². The van der Waals surface area contributed by atoms with Crippen molar-refractivity contribution in [1.82, 2.24) is 4.90 Å². The fourth-order valence-electron chi connectivity index (χ4n) is 1.10. The number of carbonyl (C=O) groups excluding carboxylic acids is 1. The summed E-state index contributed by atoms with van der Waals surface area (Å²) in [6.45, 7) is 4.36. The summed E-state index contributed by atoms with van der Waals surface area (Å²) < 4.78 is 4.56. The van der Waals surface area contributed by atoms with Crippen LogP contribution in [0.2, 0.25) is 0 Å². The molecular weight excluding hydrogens is 158 g/mol. The zero-order chi connectivity index (χ0) is 8.97. The van der Waals surface area contributed by atoms with Gasteiger partial charge in [-0.25, -0.2) is 0 Å². The predicted octanol–water partition coefficient (Wildman–Crippen LogP) is -0.0363. The van der Waals surface area contributed by atoms with Crippen molar-refractivity contribution in [1.29, 1.82) is 0 Å². The van der Waals surface area contributed by atoms with E-state index in [9.17, 15) is 4.79 Å². The molecule has 1 heterocycles. The second kappa shape index (κ2) is 4.42. The Morgan fingerprint density at radius 1 is 1.67 bits per heavy atom. The van der Waals surface area contributed by atoms with Gasteiger partial charge in [-0.3, -0.25) is 4.79 Å². The maximum atomic E-state index is 10.9. The average molecular weight is 173 g/mol. The highest BCUT2D eigenvalue weighted by Crippen LogP contribution is 2.06. The summed E-state index contributed by atoms with van der Waals surface area (Å²) in [7, 11) is 0. The van der Waals surface area contributed by atoms with Gasteiger partial charge in [-0.1, -0.05) is 0 Å². The third-order valence-electron chi connectivity index (χ3n) is 1.88. The molecule has 1 fully saturated rings. The molecular formula is C8H15NO3. The molecule has 70 valence electrons. The molecule has 1 aliphatic rings. The van der Waals surface area contributed by atoms with E-state index in [2.05, 4.69) is 9.64 Å². The number of nitrogens with zero attached hydrogens (tertiary/aromatic N) is 1. The Balaban J connectivity index is 2.01. The number of ether oxygens (including phenoxy) is 1. The van der Waals surface area contributed by atoms with E-state index in [1.54, 1.807) is 0 Å². The van der Waals surface area contributed by atoms with Gasteiger partial charge in [0.1, 0.15) is 0 Å². The number of esters is 1. The van der Waals surface area contributed by atoms with Gasteiger partial charge in [-0.05, 0) is 26.4 Å². The van der Waals surface area contributed by atoms with Crippen molar-refractivity contribution >= 4 is 5.97 Å². The number of hydrogen-bond acceptors (Lipinski definition) is 4. The zero-order valence-corrected chi connectivity index (χ0v) is 7.32. The molecule has 4 heteroatoms. The van der Waals surface area contributed by atoms with Gasteiger partial charge >= 0.3 is 5.97 Å². The largest absolute Gasteiger partial charge is 0.436 e. The molecule has 0 bridgehead atoms. The minimum Gasteiger partial charge on any atom is -0.436 e. The van der Waals surface area contributed by atoms with Crippen LogP contribution in [0.4, 0.5) is 0 Å². The van der Waals surface area contributed by atoms with E-state index in [0.29, 0.717) is 6.42 Å². The van der Waals surface area contributed by atoms with Crippen LogP contribution in [0.3, 0.4) is 0 Å². The molecule has 0 aromatic rings. The van der Waals surface area contributed by atoms with Gasteiger partial charge in [0, 0.05) is 6.54 Å². The van der Waals surface area contributed by atoms with E-state index in [1.807, 2.05) is 0 Å². The highest BCUT2D eigenvalue weighted by molar-refractivity contribution is 5.69. The molecule has 1 saturated heterocycles. The first-order chi connectivity index (χ1) is 5.68. The minimum absolute atomic E-state index is 0.322. The number of rotatable bonds is 4. The Morgan fingerprint density at radius 2 is 2.33 bits per heavy atom. The van der Waals surface area contributed by atoms with Gasteiger partial charge < -0.3 is 14.7 Å². The van der Waals surface area contributed by atoms with Crippen molar-refractivity contribution in [3.8, 4) is 0 Å². The summed E-state index contributed by atoms with van der Waals surface area (Å²) in [6, 6.07) is 0. The molecule has 0 saturated carbocycles. The van der Waals surface area contributed by atoms with E-state index in [0.717, 1.165) is 19.6 Å². The first-order valence-corrected chi connectivity index (χ1v) is 4.28. The van der Waals surface area contributed by atoms with Crippen LogP contribution >= 0.6 is 0 Å². The summed E-state index contributed by atoms with van der Waals surface area (Å²) in [4.78, 5) is 13.1. The van der Waals surface area contributed by atoms with E-state index in [1.165, 1.54) is 13.3 Å². The Bertz CT molecular complexity index is 154. The summed E-state index contributed by atoms with van der Waals surface area (Å²) in [6.07, 6.45) is 0.630. The lowest BCUT2D eigenvalue weighted by atomic mass is 10.2. The highest BCUT2D eigenvalue weighted by Gasteiger charge is 2.15. The van der Waals surface area contributed by atoms with Gasteiger partial charge in [-0.2, -0.15) is 0 Å². The maximum Gasteiger partial charge on any atom is 0.309 e. The van der Waals surface area contributed by atoms with Gasteiger partial charge in [0.05, 0.1) is 6.42 Å². The molecule has 1 rings (SSSR count). The maximum absolute atomic E-state index is 10.9. The molecule has 4 nitrogen and oxygen atoms in total. The van der Waals surface area contributed by atoms with Crippen LogP contribution in [-0.2, 0) is 9.53 Å². The van der Waals surface area contributed by atoms with Crippen molar-refractivity contribution in [3.63, 3.8) is 0 Å². The third kappa shape index (κ3) is 3.19. The molecule has 0 aromatic heterocycles. The topological polar surface area (TPSA) is 49.8 Å². The van der Waals surface area contributed by atoms with Gasteiger partial charge in [0.15, 0.2) is 6.29 Å². The Kier molecular flexibility index (Phi) is 3.49. The first-order valence-electron chi connectivity index (χ1n) is 4.28. The number of aliphatic hydroxyl groups excluding tert-OH is 1. The van der Waals surface area contributed by atoms with Crippen molar-refractivity contribution in [3.05, 3.63) is 0 Å². The van der Waals surface area contributed by atoms with Crippen LogP contribution in [0.25, 0.3) is 0 Å². The lowest BCUT2D eigenvalue weighted by Crippen LogP contribution is -2.38. The quantitative estimate of drug-likeness (QED) is 0.479. The van der Waals surface area contributed by atoms with Crippen molar-refractivity contribution in [2.24, 2.45) is 0 Å². The smallest absolute Gasteiger partial charge is 0.309 e. The third-order valence-corrected chi connectivity index (χ3v) is 1.88. The zero-order valence-electron chi connectivity index (χ0n) is 7.32. The lowest BCUT2D eigenvalue weighted by molar-refractivity contribution is -0.165. The van der Waals surface area contributed by atoms with E-state index in [4.69, 9.17) is 5.11 Å². The standard InChI is InChI=1S/C8H15NO3/c1-7(10)12-8(11)3-6-9-4-2-5-9/h7,10H,2-6H2,1H3. The van der Waals surface area contributed by atoms with Crippen LogP contribution in [-0.4, -0.2) is 41.9 Å². The molecule has 12 heavy (non-hydrogen) atoms.